The van der Waals surface area contributed by atoms with Crippen molar-refractivity contribution in [2.45, 2.75) is 19.4 Å². The van der Waals surface area contributed by atoms with Crippen LogP contribution in [0.4, 0.5) is 4.39 Å². The Labute approximate surface area is 123 Å². The fourth-order valence-corrected chi connectivity index (χ4v) is 2.10. The summed E-state index contributed by atoms with van der Waals surface area (Å²) in [6.07, 6.45) is 0.0288. The van der Waals surface area contributed by atoms with Crippen LogP contribution in [0, 0.1) is 5.82 Å². The number of amides is 1. The van der Waals surface area contributed by atoms with E-state index in [9.17, 15) is 9.18 Å². The summed E-state index contributed by atoms with van der Waals surface area (Å²) < 4.78 is 18.7. The summed E-state index contributed by atoms with van der Waals surface area (Å²) in [7, 11) is 1.60. The van der Waals surface area contributed by atoms with Crippen molar-refractivity contribution in [3.63, 3.8) is 0 Å². The number of ether oxygens (including phenoxy) is 1. The van der Waals surface area contributed by atoms with E-state index in [1.807, 2.05) is 31.2 Å². The zero-order valence-electron chi connectivity index (χ0n) is 12.1. The summed E-state index contributed by atoms with van der Waals surface area (Å²) in [4.78, 5) is 12.0. The molecule has 0 unspecified atom stereocenters. The summed E-state index contributed by atoms with van der Waals surface area (Å²) in [6, 6.07) is 13.6. The smallest absolute Gasteiger partial charge is 0.225 e. The van der Waals surface area contributed by atoms with Crippen molar-refractivity contribution in [3.8, 4) is 5.75 Å². The number of carbonyl (C=O) groups is 1. The maximum absolute atomic E-state index is 13.5. The van der Waals surface area contributed by atoms with Gasteiger partial charge in [0.05, 0.1) is 19.6 Å². The van der Waals surface area contributed by atoms with Gasteiger partial charge in [-0.1, -0.05) is 30.3 Å². The van der Waals surface area contributed by atoms with Gasteiger partial charge in [-0.05, 0) is 36.2 Å². The van der Waals surface area contributed by atoms with E-state index in [0.717, 1.165) is 11.3 Å². The molecule has 21 heavy (non-hydrogen) atoms. The summed E-state index contributed by atoms with van der Waals surface area (Å²) in [5.41, 5.74) is 1.34. The van der Waals surface area contributed by atoms with Gasteiger partial charge in [0.25, 0.3) is 0 Å². The fourth-order valence-electron chi connectivity index (χ4n) is 2.10. The summed E-state index contributed by atoms with van der Waals surface area (Å²) in [5.74, 6) is 0.166. The Morgan fingerprint density at radius 3 is 2.71 bits per heavy atom. The number of hydrogen-bond donors (Lipinski definition) is 1. The van der Waals surface area contributed by atoms with Gasteiger partial charge >= 0.3 is 0 Å². The monoisotopic (exact) mass is 287 g/mol. The largest absolute Gasteiger partial charge is 0.497 e. The average Bonchev–Trinajstić information content (AvgIpc) is 2.49. The van der Waals surface area contributed by atoms with Gasteiger partial charge in [0.2, 0.25) is 5.91 Å². The second kappa shape index (κ2) is 6.88. The van der Waals surface area contributed by atoms with E-state index in [0.29, 0.717) is 5.56 Å². The minimum Gasteiger partial charge on any atom is -0.497 e. The second-order valence-corrected chi connectivity index (χ2v) is 4.83. The SMILES string of the molecule is COc1cccc([C@@H](C)NC(=O)Cc2ccccc2F)c1. The minimum atomic E-state index is -0.360. The number of hydrogen-bond acceptors (Lipinski definition) is 2. The molecule has 4 heteroatoms. The first-order valence-corrected chi connectivity index (χ1v) is 6.77. The topological polar surface area (TPSA) is 38.3 Å². The molecule has 0 heterocycles. The van der Waals surface area contributed by atoms with E-state index < -0.39 is 0 Å². The first-order valence-electron chi connectivity index (χ1n) is 6.77. The maximum Gasteiger partial charge on any atom is 0.225 e. The minimum absolute atomic E-state index is 0.0288. The first-order chi connectivity index (χ1) is 10.1. The second-order valence-electron chi connectivity index (χ2n) is 4.83. The number of carbonyl (C=O) groups excluding carboxylic acids is 1. The third-order valence-electron chi connectivity index (χ3n) is 3.28. The van der Waals surface area contributed by atoms with Crippen LogP contribution in [0.15, 0.2) is 48.5 Å². The zero-order chi connectivity index (χ0) is 15.2. The molecular formula is C17H18FNO2. The number of benzene rings is 2. The quantitative estimate of drug-likeness (QED) is 0.916. The molecule has 1 N–H and O–H groups in total. The van der Waals surface area contributed by atoms with Crippen LogP contribution in [0.2, 0.25) is 0 Å². The van der Waals surface area contributed by atoms with Gasteiger partial charge in [-0.3, -0.25) is 4.79 Å². The van der Waals surface area contributed by atoms with Crippen LogP contribution in [-0.4, -0.2) is 13.0 Å². The van der Waals surface area contributed by atoms with Gasteiger partial charge in [-0.2, -0.15) is 0 Å². The van der Waals surface area contributed by atoms with E-state index in [-0.39, 0.29) is 24.2 Å². The van der Waals surface area contributed by atoms with Crippen LogP contribution in [0.25, 0.3) is 0 Å². The Hall–Kier alpha value is -2.36. The van der Waals surface area contributed by atoms with Gasteiger partial charge in [0.15, 0.2) is 0 Å². The van der Waals surface area contributed by atoms with E-state index in [4.69, 9.17) is 4.74 Å². The van der Waals surface area contributed by atoms with Crippen molar-refractivity contribution in [1.29, 1.82) is 0 Å². The molecule has 0 aliphatic rings. The molecule has 0 saturated heterocycles. The molecule has 0 aliphatic heterocycles. The maximum atomic E-state index is 13.5. The molecule has 0 spiro atoms. The summed E-state index contributed by atoms with van der Waals surface area (Å²) in [5, 5.41) is 2.86. The number of methoxy groups -OCH3 is 1. The molecule has 0 aliphatic carbocycles. The fraction of sp³-hybridized carbons (Fsp3) is 0.235. The third-order valence-corrected chi connectivity index (χ3v) is 3.28. The number of halogens is 1. The standard InChI is InChI=1S/C17H18FNO2/c1-12(13-7-5-8-15(10-13)21-2)19-17(20)11-14-6-3-4-9-16(14)18/h3-10,12H,11H2,1-2H3,(H,19,20)/t12-/m1/s1. The number of nitrogens with one attached hydrogen (secondary N) is 1. The number of rotatable bonds is 5. The molecule has 3 nitrogen and oxygen atoms in total. The van der Waals surface area contributed by atoms with E-state index in [1.165, 1.54) is 6.07 Å². The van der Waals surface area contributed by atoms with Crippen LogP contribution in [0.5, 0.6) is 5.75 Å². The van der Waals surface area contributed by atoms with Crippen molar-refractivity contribution < 1.29 is 13.9 Å². The molecule has 0 saturated carbocycles. The van der Waals surface area contributed by atoms with Crippen molar-refractivity contribution >= 4 is 5.91 Å². The molecule has 0 radical (unpaired) electrons. The van der Waals surface area contributed by atoms with Crippen molar-refractivity contribution in [2.75, 3.05) is 7.11 Å². The lowest BCUT2D eigenvalue weighted by Gasteiger charge is -2.15. The molecule has 0 aromatic heterocycles. The van der Waals surface area contributed by atoms with Crippen LogP contribution in [0.3, 0.4) is 0 Å². The molecule has 2 aromatic rings. The molecule has 0 bridgehead atoms. The Morgan fingerprint density at radius 1 is 1.24 bits per heavy atom. The Kier molecular flexibility index (Phi) is 4.93. The molecule has 2 aromatic carbocycles. The first kappa shape index (κ1) is 15.0. The molecule has 110 valence electrons. The van der Waals surface area contributed by atoms with Crippen LogP contribution >= 0.6 is 0 Å². The van der Waals surface area contributed by atoms with Gasteiger partial charge in [-0.15, -0.1) is 0 Å². The molecule has 1 amide bonds. The Morgan fingerprint density at radius 2 is 2.00 bits per heavy atom. The lowest BCUT2D eigenvalue weighted by Crippen LogP contribution is -2.28. The summed E-state index contributed by atoms with van der Waals surface area (Å²) in [6.45, 7) is 1.88. The third kappa shape index (κ3) is 4.05. The normalized spacial score (nSPS) is 11.8. The Balaban J connectivity index is 2.00. The highest BCUT2D eigenvalue weighted by molar-refractivity contribution is 5.79. The van der Waals surface area contributed by atoms with Crippen LogP contribution in [-0.2, 0) is 11.2 Å². The Bertz CT molecular complexity index is 628. The molecule has 0 fully saturated rings. The highest BCUT2D eigenvalue weighted by Crippen LogP contribution is 2.19. The highest BCUT2D eigenvalue weighted by Gasteiger charge is 2.12. The molecular weight excluding hydrogens is 269 g/mol. The van der Waals surface area contributed by atoms with Crippen LogP contribution < -0.4 is 10.1 Å². The molecule has 2 rings (SSSR count). The van der Waals surface area contributed by atoms with E-state index >= 15 is 0 Å². The molecule has 1 atom stereocenters. The highest BCUT2D eigenvalue weighted by atomic mass is 19.1. The van der Waals surface area contributed by atoms with E-state index in [2.05, 4.69) is 5.32 Å². The average molecular weight is 287 g/mol. The lowest BCUT2D eigenvalue weighted by atomic mass is 10.1. The van der Waals surface area contributed by atoms with Crippen LogP contribution in [0.1, 0.15) is 24.1 Å². The van der Waals surface area contributed by atoms with Crippen molar-refractivity contribution in [1.82, 2.24) is 5.32 Å². The van der Waals surface area contributed by atoms with Crippen molar-refractivity contribution in [3.05, 3.63) is 65.5 Å². The zero-order valence-corrected chi connectivity index (χ0v) is 12.1. The van der Waals surface area contributed by atoms with Gasteiger partial charge < -0.3 is 10.1 Å². The van der Waals surface area contributed by atoms with Gasteiger partial charge in [-0.25, -0.2) is 4.39 Å². The van der Waals surface area contributed by atoms with Crippen molar-refractivity contribution in [2.24, 2.45) is 0 Å². The predicted molar refractivity (Wildman–Crippen MR) is 79.7 cm³/mol. The van der Waals surface area contributed by atoms with Gasteiger partial charge in [0.1, 0.15) is 11.6 Å². The lowest BCUT2D eigenvalue weighted by molar-refractivity contribution is -0.121. The van der Waals surface area contributed by atoms with Gasteiger partial charge in [0, 0.05) is 0 Å². The van der Waals surface area contributed by atoms with E-state index in [1.54, 1.807) is 25.3 Å². The predicted octanol–water partition coefficient (Wildman–Crippen LogP) is 3.25. The summed E-state index contributed by atoms with van der Waals surface area (Å²) >= 11 is 0.